The summed E-state index contributed by atoms with van der Waals surface area (Å²) in [6, 6.07) is 13.6. The van der Waals surface area contributed by atoms with Crippen molar-refractivity contribution in [3.05, 3.63) is 59.8 Å². The van der Waals surface area contributed by atoms with Crippen LogP contribution in [0.5, 0.6) is 11.5 Å². The van der Waals surface area contributed by atoms with E-state index in [-0.39, 0.29) is 18.4 Å². The number of nitrogens with one attached hydrogen (secondary N) is 1. The van der Waals surface area contributed by atoms with Gasteiger partial charge in [-0.15, -0.1) is 6.42 Å². The molecular formula is C24H20N4O3S. The predicted molar refractivity (Wildman–Crippen MR) is 124 cm³/mol. The molecule has 0 aliphatic carbocycles. The largest absolute Gasteiger partial charge is 0.490 e. The molecule has 1 N–H and O–H groups in total. The predicted octanol–water partition coefficient (Wildman–Crippen LogP) is 4.37. The molecule has 32 heavy (non-hydrogen) atoms. The molecule has 1 amide bonds. The van der Waals surface area contributed by atoms with Gasteiger partial charge in [0.25, 0.3) is 0 Å². The molecular weight excluding hydrogens is 424 g/mol. The minimum atomic E-state index is -0.164. The van der Waals surface area contributed by atoms with Crippen LogP contribution >= 0.6 is 11.3 Å². The van der Waals surface area contributed by atoms with E-state index in [4.69, 9.17) is 15.9 Å². The summed E-state index contributed by atoms with van der Waals surface area (Å²) >= 11 is 1.53. The average molecular weight is 445 g/mol. The lowest BCUT2D eigenvalue weighted by molar-refractivity contribution is -0.116. The fourth-order valence-electron chi connectivity index (χ4n) is 3.86. The first-order valence-electron chi connectivity index (χ1n) is 10.2. The van der Waals surface area contributed by atoms with Gasteiger partial charge in [0.15, 0.2) is 11.5 Å². The van der Waals surface area contributed by atoms with Gasteiger partial charge in [0.05, 0.1) is 23.0 Å². The van der Waals surface area contributed by atoms with Crippen LogP contribution in [-0.2, 0) is 4.79 Å². The fraction of sp³-hybridized carbons (Fsp3) is 0.208. The summed E-state index contributed by atoms with van der Waals surface area (Å²) in [5.74, 6) is 4.06. The fourth-order valence-corrected chi connectivity index (χ4v) is 4.79. The lowest BCUT2D eigenvalue weighted by Gasteiger charge is -2.24. The maximum Gasteiger partial charge on any atom is 0.226 e. The van der Waals surface area contributed by atoms with Crippen molar-refractivity contribution in [1.29, 1.82) is 0 Å². The first-order valence-corrected chi connectivity index (χ1v) is 11.1. The summed E-state index contributed by atoms with van der Waals surface area (Å²) in [6.45, 7) is 2.55. The van der Waals surface area contributed by atoms with Gasteiger partial charge in [-0.25, -0.2) is 4.98 Å². The van der Waals surface area contributed by atoms with E-state index in [0.29, 0.717) is 35.5 Å². The van der Waals surface area contributed by atoms with Crippen molar-refractivity contribution in [2.75, 3.05) is 18.5 Å². The van der Waals surface area contributed by atoms with Gasteiger partial charge < -0.3 is 14.8 Å². The summed E-state index contributed by atoms with van der Waals surface area (Å²) in [4.78, 5) is 17.3. The lowest BCUT2D eigenvalue weighted by Crippen LogP contribution is -2.24. The number of rotatable bonds is 6. The van der Waals surface area contributed by atoms with Gasteiger partial charge in [-0.05, 0) is 36.8 Å². The summed E-state index contributed by atoms with van der Waals surface area (Å²) in [7, 11) is 0. The number of carbonyl (C=O) groups excluding carboxylic acids is 1. The smallest absolute Gasteiger partial charge is 0.226 e. The van der Waals surface area contributed by atoms with E-state index >= 15 is 0 Å². The van der Waals surface area contributed by atoms with E-state index in [9.17, 15) is 4.79 Å². The number of benzene rings is 2. The average Bonchev–Trinajstić information content (AvgIpc) is 3.41. The van der Waals surface area contributed by atoms with E-state index < -0.39 is 0 Å². The van der Waals surface area contributed by atoms with Gasteiger partial charge >= 0.3 is 0 Å². The third-order valence-electron chi connectivity index (χ3n) is 5.27. The Morgan fingerprint density at radius 2 is 2.12 bits per heavy atom. The molecule has 1 aliphatic rings. The number of aromatic nitrogens is 3. The highest BCUT2D eigenvalue weighted by molar-refractivity contribution is 7.20. The van der Waals surface area contributed by atoms with Crippen LogP contribution < -0.4 is 14.8 Å². The molecule has 0 bridgehead atoms. The van der Waals surface area contributed by atoms with Crippen LogP contribution in [0.25, 0.3) is 15.3 Å². The number of amides is 1. The zero-order valence-electron chi connectivity index (χ0n) is 17.4. The molecule has 0 saturated heterocycles. The molecule has 0 radical (unpaired) electrons. The maximum absolute atomic E-state index is 12.6. The number of hydrogen-bond donors (Lipinski definition) is 1. The van der Waals surface area contributed by atoms with E-state index in [1.807, 2.05) is 49.4 Å². The molecule has 3 heterocycles. The third-order valence-corrected chi connectivity index (χ3v) is 6.28. The van der Waals surface area contributed by atoms with Gasteiger partial charge in [0.2, 0.25) is 11.0 Å². The van der Waals surface area contributed by atoms with Gasteiger partial charge in [0.1, 0.15) is 12.4 Å². The lowest BCUT2D eigenvalue weighted by atomic mass is 9.87. The monoisotopic (exact) mass is 444 g/mol. The molecule has 1 unspecified atom stereocenters. The molecule has 1 aliphatic heterocycles. The van der Waals surface area contributed by atoms with Gasteiger partial charge in [-0.1, -0.05) is 35.5 Å². The van der Waals surface area contributed by atoms with Crippen LogP contribution in [0.4, 0.5) is 5.82 Å². The van der Waals surface area contributed by atoms with Crippen molar-refractivity contribution in [1.82, 2.24) is 14.8 Å². The van der Waals surface area contributed by atoms with Crippen LogP contribution in [0.1, 0.15) is 30.4 Å². The second-order valence-corrected chi connectivity index (χ2v) is 8.27. The number of hydrogen-bond acceptors (Lipinski definition) is 6. The molecule has 2 aromatic carbocycles. The second-order valence-electron chi connectivity index (χ2n) is 7.26. The number of fused-ring (bicyclic) bond motifs is 2. The second kappa shape index (κ2) is 8.36. The Kier molecular flexibility index (Phi) is 5.25. The molecule has 0 fully saturated rings. The highest BCUT2D eigenvalue weighted by Gasteiger charge is 2.31. The minimum absolute atomic E-state index is 0.0732. The summed E-state index contributed by atoms with van der Waals surface area (Å²) in [5, 5.41) is 8.25. The highest BCUT2D eigenvalue weighted by Crippen LogP contribution is 2.41. The van der Waals surface area contributed by atoms with Crippen molar-refractivity contribution in [2.24, 2.45) is 0 Å². The standard InChI is InChI=1S/C24H20N4O3S/c1-3-11-31-19-10-9-15(12-20(19)30-4-2)16-13-22(29)27-23-17(16)14-25-28(23)24-26-18-7-5-6-8-21(18)32-24/h1,5-10,12,14,16H,4,11,13H2,2H3,(H,27,29). The summed E-state index contributed by atoms with van der Waals surface area (Å²) < 4.78 is 14.1. The van der Waals surface area contributed by atoms with Crippen LogP contribution in [0.3, 0.4) is 0 Å². The first kappa shape index (κ1) is 20.1. The number of ether oxygens (including phenoxy) is 2. The number of terminal acetylenes is 1. The number of thiazole rings is 1. The molecule has 7 nitrogen and oxygen atoms in total. The Balaban J connectivity index is 1.55. The third kappa shape index (κ3) is 3.57. The quantitative estimate of drug-likeness (QED) is 0.447. The topological polar surface area (TPSA) is 78.3 Å². The zero-order valence-corrected chi connectivity index (χ0v) is 18.2. The van der Waals surface area contributed by atoms with Gasteiger partial charge in [-0.3, -0.25) is 4.79 Å². The Bertz CT molecular complexity index is 1320. The van der Waals surface area contributed by atoms with E-state index in [1.54, 1.807) is 10.9 Å². The van der Waals surface area contributed by atoms with E-state index in [1.165, 1.54) is 11.3 Å². The van der Waals surface area contributed by atoms with E-state index in [2.05, 4.69) is 21.3 Å². The molecule has 5 rings (SSSR count). The number of anilines is 1. The Morgan fingerprint density at radius 1 is 1.25 bits per heavy atom. The van der Waals surface area contributed by atoms with Crippen molar-refractivity contribution >= 4 is 33.3 Å². The molecule has 0 saturated carbocycles. The van der Waals surface area contributed by atoms with Crippen molar-refractivity contribution in [3.63, 3.8) is 0 Å². The normalized spacial score (nSPS) is 15.1. The molecule has 2 aromatic heterocycles. The minimum Gasteiger partial charge on any atom is -0.490 e. The van der Waals surface area contributed by atoms with Gasteiger partial charge in [-0.2, -0.15) is 9.78 Å². The van der Waals surface area contributed by atoms with Crippen LogP contribution in [0, 0.1) is 12.3 Å². The SMILES string of the molecule is C#CCOc1ccc(C2CC(=O)Nc3c2cnn3-c2nc3ccccc3s2)cc1OCC. The summed E-state index contributed by atoms with van der Waals surface area (Å²) in [6.07, 6.45) is 7.43. The zero-order chi connectivity index (χ0) is 22.1. The molecule has 4 aromatic rings. The molecule has 8 heteroatoms. The van der Waals surface area contributed by atoms with E-state index in [0.717, 1.165) is 21.3 Å². The van der Waals surface area contributed by atoms with Crippen molar-refractivity contribution in [3.8, 4) is 29.0 Å². The Hall–Kier alpha value is -3.83. The van der Waals surface area contributed by atoms with Crippen molar-refractivity contribution in [2.45, 2.75) is 19.3 Å². The molecule has 1 atom stereocenters. The van der Waals surface area contributed by atoms with Crippen LogP contribution in [0.2, 0.25) is 0 Å². The van der Waals surface area contributed by atoms with Crippen molar-refractivity contribution < 1.29 is 14.3 Å². The Morgan fingerprint density at radius 3 is 2.94 bits per heavy atom. The van der Waals surface area contributed by atoms with Gasteiger partial charge in [0, 0.05) is 17.9 Å². The Labute approximate surface area is 189 Å². The first-order chi connectivity index (χ1) is 15.7. The number of carbonyl (C=O) groups is 1. The summed E-state index contributed by atoms with van der Waals surface area (Å²) in [5.41, 5.74) is 2.78. The number of nitrogens with zero attached hydrogens (tertiary/aromatic N) is 3. The highest BCUT2D eigenvalue weighted by atomic mass is 32.1. The van der Waals surface area contributed by atoms with Crippen LogP contribution in [0.15, 0.2) is 48.7 Å². The number of para-hydroxylation sites is 1. The molecule has 160 valence electrons. The van der Waals surface area contributed by atoms with Crippen LogP contribution in [-0.4, -0.2) is 33.9 Å². The maximum atomic E-state index is 12.6. The molecule has 0 spiro atoms.